The zero-order valence-electron chi connectivity index (χ0n) is 18.8. The minimum atomic E-state index is -1.64. The highest BCUT2D eigenvalue weighted by molar-refractivity contribution is 5.87. The number of aliphatic hydroxyl groups is 4. The van der Waals surface area contributed by atoms with Crippen LogP contribution in [0.15, 0.2) is 42.7 Å². The molecule has 0 spiro atoms. The van der Waals surface area contributed by atoms with E-state index in [0.29, 0.717) is 12.0 Å². The minimum Gasteiger partial charge on any atom is -0.508 e. The molecule has 11 heteroatoms. The number of carbonyl (C=O) groups is 1. The van der Waals surface area contributed by atoms with Gasteiger partial charge in [0, 0.05) is 12.5 Å². The number of esters is 1. The summed E-state index contributed by atoms with van der Waals surface area (Å²) in [5, 5.41) is 51.0. The Kier molecular flexibility index (Phi) is 6.12. The summed E-state index contributed by atoms with van der Waals surface area (Å²) in [7, 11) is 0. The third-order valence-electron chi connectivity index (χ3n) is 7.14. The van der Waals surface area contributed by atoms with Crippen LogP contribution >= 0.6 is 0 Å². The van der Waals surface area contributed by atoms with Gasteiger partial charge in [-0.25, -0.2) is 4.79 Å². The summed E-state index contributed by atoms with van der Waals surface area (Å²) >= 11 is 0. The fourth-order valence-electron chi connectivity index (χ4n) is 5.16. The van der Waals surface area contributed by atoms with Crippen molar-refractivity contribution in [3.05, 3.63) is 48.2 Å². The molecule has 35 heavy (non-hydrogen) atoms. The second-order valence-electron chi connectivity index (χ2n) is 9.44. The van der Waals surface area contributed by atoms with Crippen molar-refractivity contribution >= 4 is 12.0 Å². The average Bonchev–Trinajstić information content (AvgIpc) is 3.39. The summed E-state index contributed by atoms with van der Waals surface area (Å²) in [4.78, 5) is 12.5. The van der Waals surface area contributed by atoms with Crippen molar-refractivity contribution < 1.29 is 54.0 Å². The number of aliphatic hydroxyl groups excluding tert-OH is 3. The monoisotopic (exact) mass is 492 g/mol. The van der Waals surface area contributed by atoms with Gasteiger partial charge in [0.05, 0.1) is 24.9 Å². The Balaban J connectivity index is 1.33. The van der Waals surface area contributed by atoms with E-state index in [4.69, 9.17) is 23.7 Å². The topological polar surface area (TPSA) is 168 Å². The molecule has 3 fully saturated rings. The second kappa shape index (κ2) is 8.86. The van der Waals surface area contributed by atoms with E-state index in [-0.39, 0.29) is 11.9 Å². The van der Waals surface area contributed by atoms with Crippen LogP contribution in [0.3, 0.4) is 0 Å². The summed E-state index contributed by atoms with van der Waals surface area (Å²) in [6, 6.07) is 6.08. The van der Waals surface area contributed by atoms with Gasteiger partial charge in [0.25, 0.3) is 0 Å². The van der Waals surface area contributed by atoms with Gasteiger partial charge in [-0.2, -0.15) is 0 Å². The number of rotatable bonds is 6. The molecule has 1 aromatic carbocycles. The molecule has 190 valence electrons. The molecule has 0 radical (unpaired) electrons. The van der Waals surface area contributed by atoms with E-state index in [1.807, 2.05) is 6.92 Å². The van der Waals surface area contributed by atoms with E-state index in [1.165, 1.54) is 24.5 Å². The van der Waals surface area contributed by atoms with E-state index in [1.54, 1.807) is 18.2 Å². The molecule has 3 heterocycles. The van der Waals surface area contributed by atoms with E-state index in [9.17, 15) is 30.3 Å². The standard InChI is InChI=1S/C24H28O11/c1-23-15(35-23)10-24(30)8-9-31-22(20(23)24)34-21-19(18(29)17(28)14(11-25)32-21)33-16(27)7-4-12-2-5-13(26)6-3-12/h2-9,14-15,17-22,25-26,28-30H,10-11H2,1H3/b7-4-/t14-,15+,17-,18+,19-,20-,21+,22+,23+,24+/m1/s1. The van der Waals surface area contributed by atoms with Gasteiger partial charge >= 0.3 is 5.97 Å². The predicted octanol–water partition coefficient (Wildman–Crippen LogP) is -0.449. The van der Waals surface area contributed by atoms with E-state index < -0.39 is 66.7 Å². The van der Waals surface area contributed by atoms with E-state index in [0.717, 1.165) is 6.08 Å². The number of carbonyl (C=O) groups excluding carboxylic acids is 1. The molecule has 11 nitrogen and oxygen atoms in total. The first kappa shape index (κ1) is 24.2. The number of fused-ring (bicyclic) bond motifs is 3. The van der Waals surface area contributed by atoms with Crippen LogP contribution in [0.4, 0.5) is 0 Å². The minimum absolute atomic E-state index is 0.0744. The number of ether oxygens (including phenoxy) is 5. The Hall–Kier alpha value is -2.51. The molecule has 4 aliphatic rings. The van der Waals surface area contributed by atoms with Crippen LogP contribution in [0, 0.1) is 5.92 Å². The number of hydrogen-bond acceptors (Lipinski definition) is 11. The molecule has 1 aliphatic carbocycles. The zero-order chi connectivity index (χ0) is 25.0. The number of hydrogen-bond donors (Lipinski definition) is 5. The molecule has 3 aliphatic heterocycles. The highest BCUT2D eigenvalue weighted by Gasteiger charge is 2.74. The Morgan fingerprint density at radius 2 is 1.94 bits per heavy atom. The van der Waals surface area contributed by atoms with Crippen molar-refractivity contribution in [2.24, 2.45) is 5.92 Å². The number of epoxide rings is 1. The number of phenolic OH excluding ortho intramolecular Hbond substituents is 1. The Morgan fingerprint density at radius 1 is 1.20 bits per heavy atom. The summed E-state index contributed by atoms with van der Waals surface area (Å²) in [5.74, 6) is -1.41. The second-order valence-corrected chi connectivity index (χ2v) is 9.44. The quantitative estimate of drug-likeness (QED) is 0.198. The van der Waals surface area contributed by atoms with Gasteiger partial charge in [0.15, 0.2) is 6.10 Å². The maximum absolute atomic E-state index is 12.5. The fourth-order valence-corrected chi connectivity index (χ4v) is 5.16. The predicted molar refractivity (Wildman–Crippen MR) is 116 cm³/mol. The smallest absolute Gasteiger partial charge is 0.331 e. The van der Waals surface area contributed by atoms with Crippen LogP contribution in [0.1, 0.15) is 18.9 Å². The molecule has 0 unspecified atom stereocenters. The van der Waals surface area contributed by atoms with Gasteiger partial charge in [-0.15, -0.1) is 0 Å². The molecular formula is C24H28O11. The van der Waals surface area contributed by atoms with Gasteiger partial charge in [-0.1, -0.05) is 12.1 Å². The largest absolute Gasteiger partial charge is 0.508 e. The van der Waals surface area contributed by atoms with Crippen molar-refractivity contribution in [1.29, 1.82) is 0 Å². The van der Waals surface area contributed by atoms with E-state index in [2.05, 4.69) is 0 Å². The maximum atomic E-state index is 12.5. The molecule has 0 aromatic heterocycles. The Morgan fingerprint density at radius 3 is 2.66 bits per heavy atom. The van der Waals surface area contributed by atoms with Crippen molar-refractivity contribution in [2.45, 2.75) is 67.6 Å². The van der Waals surface area contributed by atoms with Gasteiger partial charge < -0.3 is 49.2 Å². The van der Waals surface area contributed by atoms with Crippen molar-refractivity contribution in [3.8, 4) is 5.75 Å². The van der Waals surface area contributed by atoms with Crippen molar-refractivity contribution in [1.82, 2.24) is 0 Å². The first-order chi connectivity index (χ1) is 16.6. The van der Waals surface area contributed by atoms with Gasteiger partial charge in [-0.3, -0.25) is 0 Å². The third kappa shape index (κ3) is 4.33. The van der Waals surface area contributed by atoms with Crippen LogP contribution in [0.2, 0.25) is 0 Å². The normalized spacial score (nSPS) is 43.9. The van der Waals surface area contributed by atoms with Crippen molar-refractivity contribution in [2.75, 3.05) is 6.61 Å². The molecule has 5 N–H and O–H groups in total. The Bertz CT molecular complexity index is 1010. The van der Waals surface area contributed by atoms with Crippen LogP contribution < -0.4 is 0 Å². The molecular weight excluding hydrogens is 464 g/mol. The molecule has 0 bridgehead atoms. The van der Waals surface area contributed by atoms with Crippen molar-refractivity contribution in [3.63, 3.8) is 0 Å². The molecule has 1 aromatic rings. The lowest BCUT2D eigenvalue weighted by Gasteiger charge is -2.45. The first-order valence-electron chi connectivity index (χ1n) is 11.3. The van der Waals surface area contributed by atoms with Gasteiger partial charge in [0.1, 0.15) is 35.3 Å². The van der Waals surface area contributed by atoms with Crippen LogP contribution in [0.25, 0.3) is 6.08 Å². The first-order valence-corrected chi connectivity index (χ1v) is 11.3. The molecule has 10 atom stereocenters. The molecule has 2 saturated heterocycles. The van der Waals surface area contributed by atoms with Crippen LogP contribution in [-0.4, -0.2) is 92.4 Å². The lowest BCUT2D eigenvalue weighted by molar-refractivity contribution is -0.348. The molecule has 1 saturated carbocycles. The summed E-state index contributed by atoms with van der Waals surface area (Å²) < 4.78 is 28.3. The number of phenols is 1. The van der Waals surface area contributed by atoms with Gasteiger partial charge in [0.2, 0.25) is 12.6 Å². The highest BCUT2D eigenvalue weighted by atomic mass is 16.8. The maximum Gasteiger partial charge on any atom is 0.331 e. The number of aromatic hydroxyl groups is 1. The number of benzene rings is 1. The van der Waals surface area contributed by atoms with Crippen LogP contribution in [0.5, 0.6) is 5.75 Å². The SMILES string of the molecule is C[C@]12O[C@H]1C[C@@]1(O)C=CO[C@@H](O[C@@H]3O[C@H](CO)[C@@H](O)[C@H](O)[C@H]3OC(=O)/C=C\c3ccc(O)cc3)[C@H]21. The van der Waals surface area contributed by atoms with Crippen LogP contribution in [-0.2, 0) is 28.5 Å². The van der Waals surface area contributed by atoms with Gasteiger partial charge in [-0.05, 0) is 36.8 Å². The zero-order valence-corrected chi connectivity index (χ0v) is 18.8. The lowest BCUT2D eigenvalue weighted by atomic mass is 9.83. The Labute approximate surface area is 200 Å². The molecule has 0 amide bonds. The highest BCUT2D eigenvalue weighted by Crippen LogP contribution is 2.61. The summed E-state index contributed by atoms with van der Waals surface area (Å²) in [5.41, 5.74) is -1.31. The fraction of sp³-hybridized carbons (Fsp3) is 0.542. The lowest BCUT2D eigenvalue weighted by Crippen LogP contribution is -2.62. The van der Waals surface area contributed by atoms with E-state index >= 15 is 0 Å². The summed E-state index contributed by atoms with van der Waals surface area (Å²) in [6.07, 6.45) is -2.78. The third-order valence-corrected chi connectivity index (χ3v) is 7.14. The molecule has 5 rings (SSSR count). The average molecular weight is 492 g/mol. The summed E-state index contributed by atoms with van der Waals surface area (Å²) in [6.45, 7) is 1.21.